The van der Waals surface area contributed by atoms with E-state index in [0.29, 0.717) is 33.7 Å². The Morgan fingerprint density at radius 1 is 1.11 bits per heavy atom. The molecule has 0 atom stereocenters. The number of hydrogen-bond acceptors (Lipinski definition) is 7. The molecule has 0 aliphatic rings. The molecule has 0 spiro atoms. The maximum Gasteiger partial charge on any atom is 0.240 e. The number of oxazole rings is 1. The van der Waals surface area contributed by atoms with Gasteiger partial charge >= 0.3 is 0 Å². The largest absolute Gasteiger partial charge is 0.434 e. The minimum Gasteiger partial charge on any atom is -0.434 e. The number of fused-ring (bicyclic) bond motifs is 1. The monoisotopic (exact) mass is 381 g/mol. The van der Waals surface area contributed by atoms with Gasteiger partial charge in [-0.1, -0.05) is 12.1 Å². The highest BCUT2D eigenvalue weighted by Crippen LogP contribution is 2.31. The Hall–Kier alpha value is -3.30. The quantitative estimate of drug-likeness (QED) is 0.556. The number of benzene rings is 1. The zero-order valence-electron chi connectivity index (χ0n) is 14.2. The average molecular weight is 381 g/mol. The van der Waals surface area contributed by atoms with Crippen LogP contribution in [-0.2, 0) is 10.0 Å². The van der Waals surface area contributed by atoms with Gasteiger partial charge in [0, 0.05) is 18.0 Å². The fourth-order valence-corrected chi connectivity index (χ4v) is 3.44. The summed E-state index contributed by atoms with van der Waals surface area (Å²) in [6.07, 6.45) is 4.78. The number of sulfonamides is 1. The minimum atomic E-state index is -3.55. The fourth-order valence-electron chi connectivity index (χ4n) is 2.66. The van der Waals surface area contributed by atoms with Gasteiger partial charge in [0.2, 0.25) is 15.9 Å². The molecule has 4 aromatic rings. The van der Waals surface area contributed by atoms with E-state index in [1.165, 1.54) is 13.1 Å². The van der Waals surface area contributed by atoms with Gasteiger partial charge in [0.05, 0.1) is 16.7 Å². The standard InChI is InChI=1S/C18H15N5O3S/c1-20-27(24,25)13-4-2-3-11(7-13)12-8-14(17(19)22-9-12)18-23-15-5-6-21-10-16(15)26-18/h2-10,20H,1H3,(H2,19,22). The summed E-state index contributed by atoms with van der Waals surface area (Å²) in [5.74, 6) is 0.584. The predicted molar refractivity (Wildman–Crippen MR) is 101 cm³/mol. The van der Waals surface area contributed by atoms with Gasteiger partial charge in [-0.3, -0.25) is 4.98 Å². The molecule has 3 heterocycles. The van der Waals surface area contributed by atoms with Gasteiger partial charge in [-0.15, -0.1) is 0 Å². The molecule has 0 amide bonds. The third kappa shape index (κ3) is 3.14. The van der Waals surface area contributed by atoms with Gasteiger partial charge in [0.1, 0.15) is 11.3 Å². The fraction of sp³-hybridized carbons (Fsp3) is 0.0556. The first kappa shape index (κ1) is 17.1. The van der Waals surface area contributed by atoms with Gasteiger partial charge in [0.25, 0.3) is 0 Å². The summed E-state index contributed by atoms with van der Waals surface area (Å²) < 4.78 is 32.1. The molecule has 0 unspecified atom stereocenters. The van der Waals surface area contributed by atoms with Crippen LogP contribution < -0.4 is 10.5 Å². The van der Waals surface area contributed by atoms with Crippen molar-refractivity contribution in [3.63, 3.8) is 0 Å². The predicted octanol–water partition coefficient (Wildman–Crippen LogP) is 2.44. The Kier molecular flexibility index (Phi) is 4.09. The second-order valence-corrected chi connectivity index (χ2v) is 7.64. The topological polar surface area (TPSA) is 124 Å². The van der Waals surface area contributed by atoms with Crippen molar-refractivity contribution < 1.29 is 12.8 Å². The van der Waals surface area contributed by atoms with Crippen LogP contribution in [0, 0.1) is 0 Å². The van der Waals surface area contributed by atoms with Crippen molar-refractivity contribution in [2.24, 2.45) is 0 Å². The van der Waals surface area contributed by atoms with Crippen LogP contribution in [0.25, 0.3) is 33.7 Å². The first-order valence-electron chi connectivity index (χ1n) is 7.98. The second-order valence-electron chi connectivity index (χ2n) is 5.75. The van der Waals surface area contributed by atoms with Gasteiger partial charge in [-0.05, 0) is 36.9 Å². The third-order valence-electron chi connectivity index (χ3n) is 4.09. The van der Waals surface area contributed by atoms with E-state index in [4.69, 9.17) is 10.2 Å². The molecule has 0 bridgehead atoms. The van der Waals surface area contributed by atoms with Crippen LogP contribution in [0.1, 0.15) is 0 Å². The lowest BCUT2D eigenvalue weighted by molar-refractivity contribution is 0.588. The molecule has 136 valence electrons. The van der Waals surface area contributed by atoms with E-state index in [2.05, 4.69) is 19.7 Å². The summed E-state index contributed by atoms with van der Waals surface area (Å²) in [6, 6.07) is 10.1. The lowest BCUT2D eigenvalue weighted by Gasteiger charge is -2.08. The van der Waals surface area contributed by atoms with Crippen LogP contribution >= 0.6 is 0 Å². The van der Waals surface area contributed by atoms with E-state index in [9.17, 15) is 8.42 Å². The lowest BCUT2D eigenvalue weighted by Crippen LogP contribution is -2.18. The molecule has 0 fully saturated rings. The molecule has 0 saturated carbocycles. The van der Waals surface area contributed by atoms with E-state index in [1.807, 2.05) is 0 Å². The van der Waals surface area contributed by atoms with Crippen LogP contribution in [0.4, 0.5) is 5.82 Å². The number of anilines is 1. The molecule has 27 heavy (non-hydrogen) atoms. The Bertz CT molecular complexity index is 1220. The molecule has 0 aliphatic carbocycles. The van der Waals surface area contributed by atoms with Crippen molar-refractivity contribution in [2.45, 2.75) is 4.90 Å². The maximum atomic E-state index is 12.0. The van der Waals surface area contributed by atoms with Crippen molar-refractivity contribution in [3.05, 3.63) is 55.0 Å². The number of pyridine rings is 2. The molecule has 0 saturated heterocycles. The molecule has 8 nitrogen and oxygen atoms in total. The third-order valence-corrected chi connectivity index (χ3v) is 5.50. The highest BCUT2D eigenvalue weighted by molar-refractivity contribution is 7.89. The molecule has 9 heteroatoms. The first-order valence-corrected chi connectivity index (χ1v) is 9.47. The van der Waals surface area contributed by atoms with E-state index in [0.717, 1.165) is 0 Å². The van der Waals surface area contributed by atoms with E-state index < -0.39 is 10.0 Å². The molecule has 3 aromatic heterocycles. The molecular formula is C18H15N5O3S. The van der Waals surface area contributed by atoms with Gasteiger partial charge in [-0.2, -0.15) is 0 Å². The van der Waals surface area contributed by atoms with Gasteiger partial charge in [0.15, 0.2) is 5.58 Å². The van der Waals surface area contributed by atoms with E-state index in [-0.39, 0.29) is 10.7 Å². The summed E-state index contributed by atoms with van der Waals surface area (Å²) in [5.41, 5.74) is 9.10. The molecule has 4 rings (SSSR count). The van der Waals surface area contributed by atoms with Crippen molar-refractivity contribution >= 4 is 26.9 Å². The minimum absolute atomic E-state index is 0.161. The van der Waals surface area contributed by atoms with Crippen LogP contribution in [0.15, 0.2) is 64.3 Å². The number of aromatic nitrogens is 3. The van der Waals surface area contributed by atoms with Crippen molar-refractivity contribution in [3.8, 4) is 22.6 Å². The number of nitrogens with two attached hydrogens (primary N) is 1. The molecule has 1 aromatic carbocycles. The lowest BCUT2D eigenvalue weighted by atomic mass is 10.1. The first-order chi connectivity index (χ1) is 13.0. The molecule has 0 radical (unpaired) electrons. The number of rotatable bonds is 4. The molecule has 3 N–H and O–H groups in total. The second kappa shape index (κ2) is 6.45. The highest BCUT2D eigenvalue weighted by Gasteiger charge is 2.16. The van der Waals surface area contributed by atoms with E-state index in [1.54, 1.807) is 48.9 Å². The van der Waals surface area contributed by atoms with Crippen LogP contribution in [0.2, 0.25) is 0 Å². The van der Waals surface area contributed by atoms with Crippen molar-refractivity contribution in [1.82, 2.24) is 19.7 Å². The Balaban J connectivity index is 1.82. The number of hydrogen-bond donors (Lipinski definition) is 2. The SMILES string of the molecule is CNS(=O)(=O)c1cccc(-c2cnc(N)c(-c3nc4ccncc4o3)c2)c1. The summed E-state index contributed by atoms with van der Waals surface area (Å²) in [5, 5.41) is 0. The average Bonchev–Trinajstić information content (AvgIpc) is 3.12. The number of nitrogens with one attached hydrogen (secondary N) is 1. The van der Waals surface area contributed by atoms with Crippen LogP contribution in [0.3, 0.4) is 0 Å². The summed E-state index contributed by atoms with van der Waals surface area (Å²) in [4.78, 5) is 12.8. The molecule has 0 aliphatic heterocycles. The van der Waals surface area contributed by atoms with Crippen LogP contribution in [0.5, 0.6) is 0 Å². The zero-order chi connectivity index (χ0) is 19.0. The van der Waals surface area contributed by atoms with Crippen LogP contribution in [-0.4, -0.2) is 30.4 Å². The Morgan fingerprint density at radius 2 is 1.96 bits per heavy atom. The number of nitrogens with zero attached hydrogens (tertiary/aromatic N) is 3. The number of nitrogen functional groups attached to an aromatic ring is 1. The summed E-state index contributed by atoms with van der Waals surface area (Å²) >= 11 is 0. The Labute approximate surface area is 155 Å². The zero-order valence-corrected chi connectivity index (χ0v) is 15.1. The van der Waals surface area contributed by atoms with Crippen molar-refractivity contribution in [1.29, 1.82) is 0 Å². The maximum absolute atomic E-state index is 12.0. The van der Waals surface area contributed by atoms with Gasteiger partial charge < -0.3 is 10.2 Å². The van der Waals surface area contributed by atoms with E-state index >= 15 is 0 Å². The smallest absolute Gasteiger partial charge is 0.240 e. The Morgan fingerprint density at radius 3 is 2.74 bits per heavy atom. The highest BCUT2D eigenvalue weighted by atomic mass is 32.2. The summed E-state index contributed by atoms with van der Waals surface area (Å²) in [6.45, 7) is 0. The van der Waals surface area contributed by atoms with Gasteiger partial charge in [-0.25, -0.2) is 23.1 Å². The molecular weight excluding hydrogens is 366 g/mol. The van der Waals surface area contributed by atoms with Crippen molar-refractivity contribution in [2.75, 3.05) is 12.8 Å². The summed E-state index contributed by atoms with van der Waals surface area (Å²) in [7, 11) is -2.18. The normalized spacial score (nSPS) is 11.7.